The van der Waals surface area contributed by atoms with Crippen LogP contribution in [0.4, 0.5) is 21.6 Å². The number of anilines is 2. The monoisotopic (exact) mass is 406 g/mol. The van der Waals surface area contributed by atoms with E-state index in [0.717, 1.165) is 0 Å². The topological polar surface area (TPSA) is 99.4 Å². The Balaban J connectivity index is 1.97. The number of nitro groups is 1. The zero-order valence-electron chi connectivity index (χ0n) is 14.8. The lowest BCUT2D eigenvalue weighted by molar-refractivity contribution is -0.385. The third-order valence-electron chi connectivity index (χ3n) is 3.85. The number of hydrogen-bond donors (Lipinski definition) is 1. The summed E-state index contributed by atoms with van der Waals surface area (Å²) in [4.78, 5) is 19.2. The van der Waals surface area contributed by atoms with Crippen molar-refractivity contribution in [1.29, 1.82) is 0 Å². The molecule has 1 heterocycles. The molecule has 0 aliphatic rings. The van der Waals surface area contributed by atoms with Crippen LogP contribution in [0.2, 0.25) is 5.02 Å². The first-order valence-corrected chi connectivity index (χ1v) is 8.64. The van der Waals surface area contributed by atoms with Gasteiger partial charge in [0.05, 0.1) is 27.5 Å². The Morgan fingerprint density at radius 1 is 1.25 bits per heavy atom. The molecule has 0 radical (unpaired) electrons. The van der Waals surface area contributed by atoms with Crippen molar-refractivity contribution in [3.63, 3.8) is 0 Å². The first kappa shape index (κ1) is 19.7. The highest BCUT2D eigenvalue weighted by atomic mass is 35.5. The minimum Gasteiger partial charge on any atom is -0.487 e. The third kappa shape index (κ3) is 4.44. The normalized spacial score (nSPS) is 10.8. The molecule has 2 aromatic carbocycles. The number of benzene rings is 2. The number of aromatic nitrogens is 2. The predicted octanol–water partition coefficient (Wildman–Crippen LogP) is 4.49. The van der Waals surface area contributed by atoms with E-state index >= 15 is 0 Å². The van der Waals surface area contributed by atoms with Gasteiger partial charge in [-0.15, -0.1) is 0 Å². The van der Waals surface area contributed by atoms with E-state index in [4.69, 9.17) is 21.1 Å². The van der Waals surface area contributed by atoms with Gasteiger partial charge in [-0.3, -0.25) is 10.1 Å². The van der Waals surface area contributed by atoms with Crippen LogP contribution in [0.1, 0.15) is 6.42 Å². The molecule has 0 unspecified atom stereocenters. The molecule has 10 heteroatoms. The van der Waals surface area contributed by atoms with E-state index in [1.54, 1.807) is 7.11 Å². The van der Waals surface area contributed by atoms with Gasteiger partial charge in [-0.1, -0.05) is 11.6 Å². The van der Waals surface area contributed by atoms with Crippen LogP contribution in [0.25, 0.3) is 10.9 Å². The second kappa shape index (κ2) is 8.77. The summed E-state index contributed by atoms with van der Waals surface area (Å²) in [6.07, 6.45) is 1.91. The van der Waals surface area contributed by atoms with Crippen LogP contribution in [0.3, 0.4) is 0 Å². The molecule has 0 bridgehead atoms. The van der Waals surface area contributed by atoms with Crippen molar-refractivity contribution in [2.75, 3.05) is 25.6 Å². The highest BCUT2D eigenvalue weighted by Crippen LogP contribution is 2.35. The van der Waals surface area contributed by atoms with E-state index in [1.807, 2.05) is 0 Å². The Bertz CT molecular complexity index is 1020. The maximum atomic E-state index is 13.3. The molecule has 1 N–H and O–H groups in total. The highest BCUT2D eigenvalue weighted by molar-refractivity contribution is 6.31. The molecule has 3 aromatic rings. The van der Waals surface area contributed by atoms with Crippen LogP contribution in [-0.2, 0) is 4.74 Å². The van der Waals surface area contributed by atoms with Gasteiger partial charge in [0.15, 0.2) is 5.75 Å². The van der Waals surface area contributed by atoms with Gasteiger partial charge >= 0.3 is 5.69 Å². The average Bonchev–Trinajstić information content (AvgIpc) is 2.67. The molecule has 28 heavy (non-hydrogen) atoms. The minimum absolute atomic E-state index is 0.0545. The number of fused-ring (bicyclic) bond motifs is 1. The molecule has 0 atom stereocenters. The summed E-state index contributed by atoms with van der Waals surface area (Å²) < 4.78 is 23.8. The van der Waals surface area contributed by atoms with Crippen LogP contribution >= 0.6 is 11.6 Å². The molecule has 0 saturated carbocycles. The van der Waals surface area contributed by atoms with Gasteiger partial charge in [-0.05, 0) is 18.2 Å². The molecule has 146 valence electrons. The molecular formula is C18H16ClFN4O4. The van der Waals surface area contributed by atoms with Gasteiger partial charge in [0.1, 0.15) is 18.0 Å². The van der Waals surface area contributed by atoms with Crippen LogP contribution < -0.4 is 10.1 Å². The molecule has 0 aliphatic heterocycles. The maximum absolute atomic E-state index is 13.3. The standard InChI is InChI=1S/C18H16ClFN4O4/c1-27-5-2-6-28-17-9-15-12(8-16(17)24(25)26)18(22-10-21-15)23-11-3-4-14(20)13(19)7-11/h3-4,7-10H,2,5-6H2,1H3,(H,21,22,23). The number of hydrogen-bond acceptors (Lipinski definition) is 7. The van der Waals surface area contributed by atoms with E-state index in [9.17, 15) is 14.5 Å². The fraction of sp³-hybridized carbons (Fsp3) is 0.222. The number of methoxy groups -OCH3 is 1. The zero-order chi connectivity index (χ0) is 20.1. The van der Waals surface area contributed by atoms with Crippen molar-refractivity contribution in [2.24, 2.45) is 0 Å². The first-order chi connectivity index (χ1) is 13.5. The summed E-state index contributed by atoms with van der Waals surface area (Å²) in [5, 5.41) is 14.8. The van der Waals surface area contributed by atoms with E-state index in [-0.39, 0.29) is 23.1 Å². The van der Waals surface area contributed by atoms with Crippen LogP contribution in [0.5, 0.6) is 5.75 Å². The highest BCUT2D eigenvalue weighted by Gasteiger charge is 2.19. The van der Waals surface area contributed by atoms with Gasteiger partial charge in [-0.2, -0.15) is 0 Å². The summed E-state index contributed by atoms with van der Waals surface area (Å²) >= 11 is 5.79. The second-order valence-corrected chi connectivity index (χ2v) is 6.17. The number of ether oxygens (including phenoxy) is 2. The van der Waals surface area contributed by atoms with Crippen molar-refractivity contribution in [1.82, 2.24) is 9.97 Å². The van der Waals surface area contributed by atoms with E-state index in [1.165, 1.54) is 36.7 Å². The molecule has 0 amide bonds. The average molecular weight is 407 g/mol. The quantitative estimate of drug-likeness (QED) is 0.334. The molecule has 0 saturated heterocycles. The molecular weight excluding hydrogens is 391 g/mol. The van der Waals surface area contributed by atoms with Crippen LogP contribution in [-0.4, -0.2) is 35.2 Å². The lowest BCUT2D eigenvalue weighted by Gasteiger charge is -2.11. The van der Waals surface area contributed by atoms with Crippen molar-refractivity contribution in [3.05, 3.63) is 57.6 Å². The van der Waals surface area contributed by atoms with E-state index in [2.05, 4.69) is 15.3 Å². The molecule has 8 nitrogen and oxygen atoms in total. The number of nitrogens with one attached hydrogen (secondary N) is 1. The van der Waals surface area contributed by atoms with Gasteiger partial charge in [0, 0.05) is 38.0 Å². The first-order valence-electron chi connectivity index (χ1n) is 8.26. The van der Waals surface area contributed by atoms with Gasteiger partial charge in [0.25, 0.3) is 0 Å². The largest absolute Gasteiger partial charge is 0.487 e. The minimum atomic E-state index is -0.550. The van der Waals surface area contributed by atoms with Crippen molar-refractivity contribution in [3.8, 4) is 5.75 Å². The Hall–Kier alpha value is -3.04. The molecule has 0 spiro atoms. The van der Waals surface area contributed by atoms with E-state index < -0.39 is 10.7 Å². The smallest absolute Gasteiger partial charge is 0.311 e. The summed E-state index contributed by atoms with van der Waals surface area (Å²) in [5.41, 5.74) is 0.729. The number of halogens is 2. The Labute approximate surface area is 164 Å². The van der Waals surface area contributed by atoms with Gasteiger partial charge in [-0.25, -0.2) is 14.4 Å². The fourth-order valence-electron chi connectivity index (χ4n) is 2.53. The summed E-state index contributed by atoms with van der Waals surface area (Å²) in [6.45, 7) is 0.752. The Morgan fingerprint density at radius 2 is 2.07 bits per heavy atom. The summed E-state index contributed by atoms with van der Waals surface area (Å²) in [6, 6.07) is 6.92. The maximum Gasteiger partial charge on any atom is 0.311 e. The van der Waals surface area contributed by atoms with Gasteiger partial charge < -0.3 is 14.8 Å². The van der Waals surface area contributed by atoms with Crippen molar-refractivity contribution >= 4 is 39.7 Å². The predicted molar refractivity (Wildman–Crippen MR) is 103 cm³/mol. The van der Waals surface area contributed by atoms with E-state index in [0.29, 0.717) is 35.4 Å². The summed E-state index contributed by atoms with van der Waals surface area (Å²) in [7, 11) is 1.57. The SMILES string of the molecule is COCCCOc1cc2ncnc(Nc3ccc(F)c(Cl)c3)c2cc1[N+](=O)[O-]. The second-order valence-electron chi connectivity index (χ2n) is 5.77. The van der Waals surface area contributed by atoms with Crippen LogP contribution in [0.15, 0.2) is 36.7 Å². The molecule has 0 aliphatic carbocycles. The molecule has 3 rings (SSSR count). The third-order valence-corrected chi connectivity index (χ3v) is 4.14. The number of nitro benzene ring substituents is 1. The molecule has 1 aromatic heterocycles. The lowest BCUT2D eigenvalue weighted by atomic mass is 10.2. The van der Waals surface area contributed by atoms with Crippen molar-refractivity contribution < 1.29 is 18.8 Å². The fourth-order valence-corrected chi connectivity index (χ4v) is 2.71. The summed E-state index contributed by atoms with van der Waals surface area (Å²) in [5.74, 6) is -0.115. The zero-order valence-corrected chi connectivity index (χ0v) is 15.6. The lowest BCUT2D eigenvalue weighted by Crippen LogP contribution is -2.04. The Morgan fingerprint density at radius 3 is 2.79 bits per heavy atom. The Kier molecular flexibility index (Phi) is 6.17. The number of nitrogens with zero attached hydrogens (tertiary/aromatic N) is 3. The number of rotatable bonds is 8. The molecule has 0 fully saturated rings. The van der Waals surface area contributed by atoms with Crippen LogP contribution in [0, 0.1) is 15.9 Å². The van der Waals surface area contributed by atoms with Crippen molar-refractivity contribution in [2.45, 2.75) is 6.42 Å². The van der Waals surface area contributed by atoms with Gasteiger partial charge in [0.2, 0.25) is 0 Å².